The summed E-state index contributed by atoms with van der Waals surface area (Å²) in [6, 6.07) is 1.86. The van der Waals surface area contributed by atoms with Gasteiger partial charge in [-0.1, -0.05) is 13.3 Å². The fraction of sp³-hybridized carbons (Fsp3) is 0.333. The minimum atomic E-state index is 0.659. The van der Waals surface area contributed by atoms with E-state index in [9.17, 15) is 0 Å². The second kappa shape index (κ2) is 6.44. The van der Waals surface area contributed by atoms with Gasteiger partial charge in [-0.25, -0.2) is 25.8 Å². The topological polar surface area (TPSA) is 89.6 Å². The van der Waals surface area contributed by atoms with Gasteiger partial charge in [0.05, 0.1) is 0 Å². The quantitative estimate of drug-likeness (QED) is 0.373. The van der Waals surface area contributed by atoms with E-state index in [2.05, 4.69) is 32.3 Å². The molecule has 0 bridgehead atoms. The maximum atomic E-state index is 5.49. The highest BCUT2D eigenvalue weighted by molar-refractivity contribution is 7.99. The molecule has 6 nitrogen and oxygen atoms in total. The number of aryl methyl sites for hydroxylation is 1. The number of hydrazine groups is 1. The molecular weight excluding hydrogens is 260 g/mol. The number of hydrogen-bond acceptors (Lipinski definition) is 7. The van der Waals surface area contributed by atoms with E-state index in [1.807, 2.05) is 13.0 Å². The molecule has 0 aliphatic heterocycles. The molecule has 7 heteroatoms. The van der Waals surface area contributed by atoms with E-state index in [0.717, 1.165) is 29.1 Å². The fourth-order valence-electron chi connectivity index (χ4n) is 1.65. The Hall–Kier alpha value is -1.73. The fourth-order valence-corrected chi connectivity index (χ4v) is 2.54. The van der Waals surface area contributed by atoms with E-state index >= 15 is 0 Å². The molecule has 3 N–H and O–H groups in total. The molecule has 0 saturated carbocycles. The molecule has 0 radical (unpaired) electrons. The van der Waals surface area contributed by atoms with Crippen LogP contribution in [0.2, 0.25) is 0 Å². The zero-order valence-electron chi connectivity index (χ0n) is 10.9. The van der Waals surface area contributed by atoms with Crippen LogP contribution in [-0.4, -0.2) is 19.9 Å². The monoisotopic (exact) mass is 276 g/mol. The third-order valence-electron chi connectivity index (χ3n) is 2.50. The first-order valence-electron chi connectivity index (χ1n) is 6.02. The molecule has 0 saturated heterocycles. The summed E-state index contributed by atoms with van der Waals surface area (Å²) >= 11 is 1.43. The number of aromatic nitrogens is 4. The third-order valence-corrected chi connectivity index (χ3v) is 3.43. The first-order chi connectivity index (χ1) is 9.24. The number of nitrogens with two attached hydrogens (primary N) is 1. The van der Waals surface area contributed by atoms with E-state index in [0.29, 0.717) is 11.0 Å². The first-order valence-corrected chi connectivity index (χ1v) is 6.84. The van der Waals surface area contributed by atoms with Crippen LogP contribution in [-0.2, 0) is 6.42 Å². The number of anilines is 1. The highest BCUT2D eigenvalue weighted by atomic mass is 32.2. The summed E-state index contributed by atoms with van der Waals surface area (Å²) < 4.78 is 0. The van der Waals surface area contributed by atoms with Crippen LogP contribution >= 0.6 is 11.8 Å². The Morgan fingerprint density at radius 3 is 2.84 bits per heavy atom. The Kier molecular flexibility index (Phi) is 4.64. The number of rotatable bonds is 5. The van der Waals surface area contributed by atoms with E-state index in [4.69, 9.17) is 5.84 Å². The standard InChI is InChI=1S/C12H16N6S/c1-3-4-9-10(18-13)15-7-16-11(9)19-12-14-6-5-8(2)17-12/h5-7H,3-4,13H2,1-2H3,(H,15,16,18). The zero-order valence-corrected chi connectivity index (χ0v) is 11.7. The summed E-state index contributed by atoms with van der Waals surface area (Å²) in [6.45, 7) is 4.04. The number of nitrogens with one attached hydrogen (secondary N) is 1. The molecule has 100 valence electrons. The summed E-state index contributed by atoms with van der Waals surface area (Å²) in [6.07, 6.45) is 5.08. The molecule has 19 heavy (non-hydrogen) atoms. The predicted molar refractivity (Wildman–Crippen MR) is 74.7 cm³/mol. The lowest BCUT2D eigenvalue weighted by Crippen LogP contribution is -2.12. The third kappa shape index (κ3) is 3.39. The lowest BCUT2D eigenvalue weighted by molar-refractivity contribution is 0.850. The van der Waals surface area contributed by atoms with Crippen molar-refractivity contribution in [3.8, 4) is 0 Å². The van der Waals surface area contributed by atoms with Gasteiger partial charge in [-0.3, -0.25) is 0 Å². The van der Waals surface area contributed by atoms with Crippen LogP contribution in [0.3, 0.4) is 0 Å². The molecule has 0 unspecified atom stereocenters. The second-order valence-electron chi connectivity index (χ2n) is 3.98. The van der Waals surface area contributed by atoms with Crippen LogP contribution < -0.4 is 11.3 Å². The average molecular weight is 276 g/mol. The van der Waals surface area contributed by atoms with Crippen molar-refractivity contribution in [1.82, 2.24) is 19.9 Å². The zero-order chi connectivity index (χ0) is 13.7. The van der Waals surface area contributed by atoms with Gasteiger partial charge < -0.3 is 5.43 Å². The second-order valence-corrected chi connectivity index (χ2v) is 4.94. The lowest BCUT2D eigenvalue weighted by atomic mass is 10.2. The van der Waals surface area contributed by atoms with Gasteiger partial charge in [-0.05, 0) is 31.2 Å². The van der Waals surface area contributed by atoms with Gasteiger partial charge in [0, 0.05) is 17.5 Å². The molecule has 2 rings (SSSR count). The van der Waals surface area contributed by atoms with Gasteiger partial charge >= 0.3 is 0 Å². The van der Waals surface area contributed by atoms with E-state index < -0.39 is 0 Å². The first kappa shape index (κ1) is 13.7. The molecule has 2 aromatic heterocycles. The van der Waals surface area contributed by atoms with Crippen LogP contribution in [0.25, 0.3) is 0 Å². The molecule has 0 atom stereocenters. The SMILES string of the molecule is CCCc1c(NN)ncnc1Sc1nccc(C)n1. The Labute approximate surface area is 116 Å². The van der Waals surface area contributed by atoms with Crippen LogP contribution in [0, 0.1) is 6.92 Å². The smallest absolute Gasteiger partial charge is 0.194 e. The van der Waals surface area contributed by atoms with Crippen LogP contribution in [0.5, 0.6) is 0 Å². The minimum absolute atomic E-state index is 0.659. The highest BCUT2D eigenvalue weighted by Gasteiger charge is 2.12. The van der Waals surface area contributed by atoms with Crippen molar-refractivity contribution >= 4 is 17.6 Å². The summed E-state index contributed by atoms with van der Waals surface area (Å²) in [7, 11) is 0. The van der Waals surface area contributed by atoms with Crippen molar-refractivity contribution < 1.29 is 0 Å². The average Bonchev–Trinajstić information content (AvgIpc) is 2.41. The Morgan fingerprint density at radius 2 is 2.16 bits per heavy atom. The molecule has 2 heterocycles. The summed E-state index contributed by atoms with van der Waals surface area (Å²) in [5, 5.41) is 1.52. The van der Waals surface area contributed by atoms with Crippen LogP contribution in [0.4, 0.5) is 5.82 Å². The van der Waals surface area contributed by atoms with Gasteiger partial charge in [0.15, 0.2) is 5.16 Å². The number of hydrogen-bond donors (Lipinski definition) is 2. The van der Waals surface area contributed by atoms with E-state index in [1.165, 1.54) is 18.1 Å². The normalized spacial score (nSPS) is 10.5. The van der Waals surface area contributed by atoms with Gasteiger partial charge in [-0.2, -0.15) is 0 Å². The molecule has 0 aliphatic carbocycles. The van der Waals surface area contributed by atoms with E-state index in [-0.39, 0.29) is 0 Å². The predicted octanol–water partition coefficient (Wildman–Crippen LogP) is 1.96. The highest BCUT2D eigenvalue weighted by Crippen LogP contribution is 2.29. The molecular formula is C12H16N6S. The number of nitrogens with zero attached hydrogens (tertiary/aromatic N) is 4. The molecule has 0 fully saturated rings. The van der Waals surface area contributed by atoms with E-state index in [1.54, 1.807) is 6.20 Å². The largest absolute Gasteiger partial charge is 0.308 e. The van der Waals surface area contributed by atoms with Gasteiger partial charge in [-0.15, -0.1) is 0 Å². The maximum absolute atomic E-state index is 5.49. The van der Waals surface area contributed by atoms with Crippen molar-refractivity contribution in [2.45, 2.75) is 36.9 Å². The molecule has 0 spiro atoms. The summed E-state index contributed by atoms with van der Waals surface area (Å²) in [4.78, 5) is 17.0. The van der Waals surface area contributed by atoms with Crippen molar-refractivity contribution in [3.05, 3.63) is 29.8 Å². The van der Waals surface area contributed by atoms with Gasteiger partial charge in [0.1, 0.15) is 17.2 Å². The Morgan fingerprint density at radius 1 is 1.32 bits per heavy atom. The molecule has 0 aliphatic rings. The van der Waals surface area contributed by atoms with Gasteiger partial charge in [0.2, 0.25) is 0 Å². The maximum Gasteiger partial charge on any atom is 0.194 e. The lowest BCUT2D eigenvalue weighted by Gasteiger charge is -2.10. The number of nitrogen functional groups attached to an aromatic ring is 1. The Balaban J connectivity index is 2.33. The Bertz CT molecular complexity index is 560. The van der Waals surface area contributed by atoms with Crippen molar-refractivity contribution in [2.75, 3.05) is 5.43 Å². The molecule has 2 aromatic rings. The molecule has 0 amide bonds. The molecule has 0 aromatic carbocycles. The van der Waals surface area contributed by atoms with Crippen LogP contribution in [0.1, 0.15) is 24.6 Å². The van der Waals surface area contributed by atoms with Crippen molar-refractivity contribution in [1.29, 1.82) is 0 Å². The van der Waals surface area contributed by atoms with Crippen LogP contribution in [0.15, 0.2) is 28.8 Å². The summed E-state index contributed by atoms with van der Waals surface area (Å²) in [5.74, 6) is 6.15. The van der Waals surface area contributed by atoms with Gasteiger partial charge in [0.25, 0.3) is 0 Å². The van der Waals surface area contributed by atoms with Crippen molar-refractivity contribution in [3.63, 3.8) is 0 Å². The van der Waals surface area contributed by atoms with Crippen molar-refractivity contribution in [2.24, 2.45) is 5.84 Å². The minimum Gasteiger partial charge on any atom is -0.308 e. The summed E-state index contributed by atoms with van der Waals surface area (Å²) in [5.41, 5.74) is 4.55.